The third kappa shape index (κ3) is 3.37. The average Bonchev–Trinajstić information content (AvgIpc) is 2.64. The molecule has 0 heterocycles. The van der Waals surface area contributed by atoms with Crippen molar-refractivity contribution < 1.29 is 9.53 Å². The molecule has 2 atom stereocenters. The van der Waals surface area contributed by atoms with Crippen molar-refractivity contribution >= 4 is 5.97 Å². The summed E-state index contributed by atoms with van der Waals surface area (Å²) >= 11 is 0. The smallest absolute Gasteiger partial charge is 0.306 e. The topological polar surface area (TPSA) is 26.3 Å². The minimum Gasteiger partial charge on any atom is -0.461 e. The minimum atomic E-state index is -0.0592. The lowest BCUT2D eigenvalue weighted by molar-refractivity contribution is -0.147. The van der Waals surface area contributed by atoms with Crippen LogP contribution in [0.3, 0.4) is 0 Å². The summed E-state index contributed by atoms with van der Waals surface area (Å²) in [4.78, 5) is 11.9. The van der Waals surface area contributed by atoms with E-state index >= 15 is 0 Å². The monoisotopic (exact) mass is 260 g/mol. The van der Waals surface area contributed by atoms with Crippen molar-refractivity contribution in [3.63, 3.8) is 0 Å². The Balaban J connectivity index is 1.82. The number of esters is 1. The van der Waals surface area contributed by atoms with Crippen LogP contribution in [0.15, 0.2) is 30.3 Å². The Morgan fingerprint density at radius 3 is 2.53 bits per heavy atom. The first-order valence-corrected chi connectivity index (χ1v) is 7.19. The Morgan fingerprint density at radius 1 is 1.26 bits per heavy atom. The van der Waals surface area contributed by atoms with Crippen molar-refractivity contribution in [2.75, 3.05) is 0 Å². The first kappa shape index (κ1) is 14.1. The van der Waals surface area contributed by atoms with E-state index in [0.717, 1.165) is 12.0 Å². The highest BCUT2D eigenvalue weighted by Gasteiger charge is 2.41. The van der Waals surface area contributed by atoms with Gasteiger partial charge in [-0.15, -0.1) is 0 Å². The van der Waals surface area contributed by atoms with Gasteiger partial charge in [0.2, 0.25) is 0 Å². The lowest BCUT2D eigenvalue weighted by Gasteiger charge is -2.30. The summed E-state index contributed by atoms with van der Waals surface area (Å²) in [6, 6.07) is 9.85. The average molecular weight is 260 g/mol. The van der Waals surface area contributed by atoms with E-state index in [2.05, 4.69) is 20.8 Å². The Hall–Kier alpha value is -1.31. The molecule has 2 rings (SSSR count). The van der Waals surface area contributed by atoms with Gasteiger partial charge < -0.3 is 4.74 Å². The summed E-state index contributed by atoms with van der Waals surface area (Å²) in [6.45, 7) is 7.23. The number of hydrogen-bond acceptors (Lipinski definition) is 2. The van der Waals surface area contributed by atoms with Crippen LogP contribution in [0.25, 0.3) is 0 Å². The van der Waals surface area contributed by atoms with Gasteiger partial charge in [-0.05, 0) is 35.7 Å². The van der Waals surface area contributed by atoms with Crippen molar-refractivity contribution in [1.82, 2.24) is 0 Å². The van der Waals surface area contributed by atoms with Crippen LogP contribution in [-0.2, 0) is 16.1 Å². The van der Waals surface area contributed by atoms with E-state index in [1.165, 1.54) is 6.42 Å². The molecule has 0 N–H and O–H groups in total. The summed E-state index contributed by atoms with van der Waals surface area (Å²) < 4.78 is 5.38. The van der Waals surface area contributed by atoms with Gasteiger partial charge in [0, 0.05) is 6.42 Å². The molecule has 0 aromatic heterocycles. The molecule has 1 saturated carbocycles. The SMILES string of the molecule is C[C@@H]1CC[C@H](CC(=O)OCc2ccccc2)C1(C)C. The molecule has 1 fully saturated rings. The standard InChI is InChI=1S/C17H24O2/c1-13-9-10-15(17(13,2)3)11-16(18)19-12-14-7-5-4-6-8-14/h4-8,13,15H,9-12H2,1-3H3/t13-,15-/m1/s1. The van der Waals surface area contributed by atoms with Gasteiger partial charge in [-0.3, -0.25) is 4.79 Å². The molecule has 0 unspecified atom stereocenters. The van der Waals surface area contributed by atoms with Crippen molar-refractivity contribution in [1.29, 1.82) is 0 Å². The zero-order chi connectivity index (χ0) is 13.9. The van der Waals surface area contributed by atoms with Gasteiger partial charge in [0.25, 0.3) is 0 Å². The maximum atomic E-state index is 11.9. The summed E-state index contributed by atoms with van der Waals surface area (Å²) in [6.07, 6.45) is 2.93. The number of carbonyl (C=O) groups excluding carboxylic acids is 1. The summed E-state index contributed by atoms with van der Waals surface area (Å²) in [5, 5.41) is 0. The van der Waals surface area contributed by atoms with E-state index in [4.69, 9.17) is 4.74 Å². The molecular weight excluding hydrogens is 236 g/mol. The van der Waals surface area contributed by atoms with E-state index in [1.54, 1.807) is 0 Å². The van der Waals surface area contributed by atoms with Gasteiger partial charge >= 0.3 is 5.97 Å². The zero-order valence-corrected chi connectivity index (χ0v) is 12.2. The van der Waals surface area contributed by atoms with Crippen LogP contribution in [-0.4, -0.2) is 5.97 Å². The fourth-order valence-electron chi connectivity index (χ4n) is 2.96. The summed E-state index contributed by atoms with van der Waals surface area (Å²) in [5.74, 6) is 1.10. The van der Waals surface area contributed by atoms with Gasteiger partial charge in [0.15, 0.2) is 0 Å². The van der Waals surface area contributed by atoms with Crippen molar-refractivity contribution in [2.45, 2.75) is 46.6 Å². The van der Waals surface area contributed by atoms with E-state index in [9.17, 15) is 4.79 Å². The van der Waals surface area contributed by atoms with E-state index < -0.39 is 0 Å². The maximum absolute atomic E-state index is 11.9. The first-order chi connectivity index (χ1) is 9.00. The van der Waals surface area contributed by atoms with Crippen LogP contribution in [0.1, 0.15) is 45.6 Å². The molecule has 1 aromatic rings. The largest absolute Gasteiger partial charge is 0.461 e. The van der Waals surface area contributed by atoms with Gasteiger partial charge in [0.1, 0.15) is 6.61 Å². The van der Waals surface area contributed by atoms with Crippen LogP contribution in [0.5, 0.6) is 0 Å². The highest BCUT2D eigenvalue weighted by atomic mass is 16.5. The second-order valence-corrected chi connectivity index (χ2v) is 6.35. The number of carbonyl (C=O) groups is 1. The Labute approximate surface area is 116 Å². The van der Waals surface area contributed by atoms with Gasteiger partial charge in [-0.25, -0.2) is 0 Å². The van der Waals surface area contributed by atoms with Gasteiger partial charge in [-0.2, -0.15) is 0 Å². The van der Waals surface area contributed by atoms with Gasteiger partial charge in [0.05, 0.1) is 0 Å². The molecule has 0 aliphatic heterocycles. The Kier molecular flexibility index (Phi) is 4.28. The zero-order valence-electron chi connectivity index (χ0n) is 12.2. The lowest BCUT2D eigenvalue weighted by Crippen LogP contribution is -2.26. The second kappa shape index (κ2) is 5.77. The number of benzene rings is 1. The van der Waals surface area contributed by atoms with E-state index in [0.29, 0.717) is 24.9 Å². The predicted octanol–water partition coefficient (Wildman–Crippen LogP) is 4.19. The number of ether oxygens (including phenoxy) is 1. The molecular formula is C17H24O2. The minimum absolute atomic E-state index is 0.0592. The molecule has 0 bridgehead atoms. The molecule has 0 saturated heterocycles. The third-order valence-corrected chi connectivity index (χ3v) is 4.93. The van der Waals surface area contributed by atoms with Crippen LogP contribution in [0.2, 0.25) is 0 Å². The van der Waals surface area contributed by atoms with Crippen LogP contribution < -0.4 is 0 Å². The van der Waals surface area contributed by atoms with E-state index in [1.807, 2.05) is 30.3 Å². The molecule has 1 aliphatic rings. The van der Waals surface area contributed by atoms with Crippen molar-refractivity contribution in [2.24, 2.45) is 17.3 Å². The fourth-order valence-corrected chi connectivity index (χ4v) is 2.96. The summed E-state index contributed by atoms with van der Waals surface area (Å²) in [7, 11) is 0. The summed E-state index contributed by atoms with van der Waals surface area (Å²) in [5.41, 5.74) is 1.31. The molecule has 0 amide bonds. The van der Waals surface area contributed by atoms with Crippen LogP contribution in [0, 0.1) is 17.3 Å². The molecule has 2 heteroatoms. The molecule has 19 heavy (non-hydrogen) atoms. The van der Waals surface area contributed by atoms with Crippen molar-refractivity contribution in [3.05, 3.63) is 35.9 Å². The molecule has 1 aromatic carbocycles. The van der Waals surface area contributed by atoms with Crippen LogP contribution in [0.4, 0.5) is 0 Å². The quantitative estimate of drug-likeness (QED) is 0.759. The normalized spacial score (nSPS) is 25.2. The first-order valence-electron chi connectivity index (χ1n) is 7.19. The van der Waals surface area contributed by atoms with Gasteiger partial charge in [-0.1, -0.05) is 51.1 Å². The molecule has 0 spiro atoms. The maximum Gasteiger partial charge on any atom is 0.306 e. The lowest BCUT2D eigenvalue weighted by atomic mass is 9.75. The van der Waals surface area contributed by atoms with Crippen LogP contribution >= 0.6 is 0 Å². The highest BCUT2D eigenvalue weighted by molar-refractivity contribution is 5.69. The highest BCUT2D eigenvalue weighted by Crippen LogP contribution is 2.48. The van der Waals surface area contributed by atoms with Crippen molar-refractivity contribution in [3.8, 4) is 0 Å². The number of hydrogen-bond donors (Lipinski definition) is 0. The van der Waals surface area contributed by atoms with E-state index in [-0.39, 0.29) is 11.4 Å². The molecule has 2 nitrogen and oxygen atoms in total. The predicted molar refractivity (Wildman–Crippen MR) is 76.5 cm³/mol. The molecule has 104 valence electrons. The third-order valence-electron chi connectivity index (χ3n) is 4.93. The molecule has 0 radical (unpaired) electrons. The second-order valence-electron chi connectivity index (χ2n) is 6.35. The fraction of sp³-hybridized carbons (Fsp3) is 0.588. The Bertz CT molecular complexity index is 422. The number of rotatable bonds is 4. The molecule has 1 aliphatic carbocycles. The Morgan fingerprint density at radius 2 is 1.95 bits per heavy atom.